The lowest BCUT2D eigenvalue weighted by molar-refractivity contribution is 0.374. The van der Waals surface area contributed by atoms with Crippen LogP contribution in [0.15, 0.2) is 15.5 Å². The van der Waals surface area contributed by atoms with Gasteiger partial charge in [-0.1, -0.05) is 6.92 Å². The fraction of sp³-hybridized carbons (Fsp3) is 0.733. The molecule has 1 heterocycles. The molecule has 0 atom stereocenters. The Morgan fingerprint density at radius 1 is 1.38 bits per heavy atom. The molecule has 0 aromatic carbocycles. The van der Waals surface area contributed by atoms with E-state index >= 15 is 0 Å². The minimum atomic E-state index is -0.0522. The molecule has 1 aromatic rings. The van der Waals surface area contributed by atoms with Crippen LogP contribution in [0.2, 0.25) is 0 Å². The molecule has 0 spiro atoms. The lowest BCUT2D eigenvalue weighted by Crippen LogP contribution is -2.42. The first-order valence-corrected chi connectivity index (χ1v) is 8.65. The maximum Gasteiger partial charge on any atom is 0.283 e. The molecule has 1 saturated carbocycles. The van der Waals surface area contributed by atoms with Gasteiger partial charge in [0.2, 0.25) is 0 Å². The molecule has 2 rings (SSSR count). The summed E-state index contributed by atoms with van der Waals surface area (Å²) in [5, 5.41) is 4.28. The minimum Gasteiger partial charge on any atom is -0.366 e. The van der Waals surface area contributed by atoms with Gasteiger partial charge in [-0.05, 0) is 55.0 Å². The molecular formula is C15H25BrN4O. The highest BCUT2D eigenvalue weighted by atomic mass is 79.9. The largest absolute Gasteiger partial charge is 0.366 e. The lowest BCUT2D eigenvalue weighted by Gasteiger charge is -2.37. The van der Waals surface area contributed by atoms with Gasteiger partial charge in [0, 0.05) is 25.2 Å². The van der Waals surface area contributed by atoms with Crippen LogP contribution >= 0.6 is 15.9 Å². The molecule has 1 aliphatic carbocycles. The molecule has 0 radical (unpaired) electrons. The summed E-state index contributed by atoms with van der Waals surface area (Å²) in [6.07, 6.45) is 7.16. The van der Waals surface area contributed by atoms with Gasteiger partial charge < -0.3 is 10.6 Å². The number of nitrogens with two attached hydrogens (primary N) is 1. The van der Waals surface area contributed by atoms with Crippen LogP contribution in [0.25, 0.3) is 0 Å². The van der Waals surface area contributed by atoms with E-state index in [4.69, 9.17) is 5.73 Å². The van der Waals surface area contributed by atoms with Crippen molar-refractivity contribution in [1.29, 1.82) is 0 Å². The predicted molar refractivity (Wildman–Crippen MR) is 89.7 cm³/mol. The summed E-state index contributed by atoms with van der Waals surface area (Å²) in [5.41, 5.74) is 6.88. The van der Waals surface area contributed by atoms with E-state index < -0.39 is 0 Å². The van der Waals surface area contributed by atoms with Crippen molar-refractivity contribution in [3.63, 3.8) is 0 Å². The van der Waals surface area contributed by atoms with Crippen molar-refractivity contribution in [3.8, 4) is 0 Å². The molecule has 5 nitrogen and oxygen atoms in total. The molecule has 2 N–H and O–H groups in total. The number of aryl methyl sites for hydroxylation is 1. The van der Waals surface area contributed by atoms with Crippen LogP contribution in [-0.4, -0.2) is 28.4 Å². The van der Waals surface area contributed by atoms with Crippen LogP contribution in [0.3, 0.4) is 0 Å². The molecule has 0 bridgehead atoms. The van der Waals surface area contributed by atoms with Gasteiger partial charge >= 0.3 is 0 Å². The summed E-state index contributed by atoms with van der Waals surface area (Å²) in [7, 11) is 0. The molecule has 0 saturated heterocycles. The fourth-order valence-corrected chi connectivity index (χ4v) is 3.57. The molecule has 1 aromatic heterocycles. The van der Waals surface area contributed by atoms with Crippen LogP contribution in [-0.2, 0) is 6.54 Å². The predicted octanol–water partition coefficient (Wildman–Crippen LogP) is 2.51. The smallest absolute Gasteiger partial charge is 0.283 e. The zero-order valence-electron chi connectivity index (χ0n) is 12.9. The molecule has 1 fully saturated rings. The quantitative estimate of drug-likeness (QED) is 0.880. The topological polar surface area (TPSA) is 64.2 Å². The van der Waals surface area contributed by atoms with Crippen molar-refractivity contribution in [1.82, 2.24) is 9.78 Å². The molecule has 0 aliphatic heterocycles. The summed E-state index contributed by atoms with van der Waals surface area (Å²) < 4.78 is 2.11. The van der Waals surface area contributed by atoms with E-state index in [1.54, 1.807) is 0 Å². The third-order valence-corrected chi connectivity index (χ3v) is 4.97. The van der Waals surface area contributed by atoms with Crippen LogP contribution in [0.1, 0.15) is 46.0 Å². The lowest BCUT2D eigenvalue weighted by atomic mass is 9.90. The second kappa shape index (κ2) is 7.40. The summed E-state index contributed by atoms with van der Waals surface area (Å²) in [6, 6.07) is 0.791. The van der Waals surface area contributed by atoms with E-state index in [1.807, 2.05) is 13.1 Å². The Kier molecular flexibility index (Phi) is 5.81. The van der Waals surface area contributed by atoms with Gasteiger partial charge in [0.05, 0.1) is 11.9 Å². The first-order chi connectivity index (χ1) is 10.1. The van der Waals surface area contributed by atoms with Gasteiger partial charge in [-0.25, -0.2) is 4.68 Å². The maximum absolute atomic E-state index is 12.3. The first-order valence-electron chi connectivity index (χ1n) is 7.86. The molecule has 1 aliphatic rings. The van der Waals surface area contributed by atoms with Crippen LogP contribution in [0.4, 0.5) is 5.69 Å². The molecule has 21 heavy (non-hydrogen) atoms. The summed E-state index contributed by atoms with van der Waals surface area (Å²) in [4.78, 5) is 14.6. The summed E-state index contributed by atoms with van der Waals surface area (Å²) in [6.45, 7) is 5.61. The van der Waals surface area contributed by atoms with Gasteiger partial charge in [-0.3, -0.25) is 4.79 Å². The van der Waals surface area contributed by atoms with Crippen LogP contribution < -0.4 is 16.2 Å². The zero-order chi connectivity index (χ0) is 15.4. The molecule has 118 valence electrons. The standard InChI is InChI=1S/C15H25BrN4O/c1-3-9-19(12-7-5-11(17)6-8-12)13-10-18-20(4-2)15(21)14(13)16/h10-12H,3-9,17H2,1-2H3. The van der Waals surface area contributed by atoms with E-state index in [9.17, 15) is 4.79 Å². The number of nitrogens with zero attached hydrogens (tertiary/aromatic N) is 3. The Morgan fingerprint density at radius 3 is 2.62 bits per heavy atom. The number of anilines is 1. The Labute approximate surface area is 134 Å². The Hall–Kier alpha value is -0.880. The van der Waals surface area contributed by atoms with Gasteiger partial charge in [-0.15, -0.1) is 0 Å². The van der Waals surface area contributed by atoms with E-state index in [0.29, 0.717) is 23.1 Å². The maximum atomic E-state index is 12.3. The molecule has 6 heteroatoms. The third-order valence-electron chi connectivity index (χ3n) is 4.22. The Balaban J connectivity index is 2.30. The molecular weight excluding hydrogens is 332 g/mol. The van der Waals surface area contributed by atoms with Gasteiger partial charge in [0.15, 0.2) is 0 Å². The minimum absolute atomic E-state index is 0.0522. The monoisotopic (exact) mass is 356 g/mol. The number of hydrogen-bond acceptors (Lipinski definition) is 4. The van der Waals surface area contributed by atoms with Crippen molar-refractivity contribution >= 4 is 21.6 Å². The second-order valence-electron chi connectivity index (χ2n) is 5.73. The van der Waals surface area contributed by atoms with Crippen molar-refractivity contribution < 1.29 is 0 Å². The number of rotatable bonds is 5. The average molecular weight is 357 g/mol. The second-order valence-corrected chi connectivity index (χ2v) is 6.52. The van der Waals surface area contributed by atoms with Crippen molar-refractivity contribution in [2.24, 2.45) is 5.73 Å². The van der Waals surface area contributed by atoms with Gasteiger partial charge in [0.25, 0.3) is 5.56 Å². The number of halogens is 1. The Morgan fingerprint density at radius 2 is 2.05 bits per heavy atom. The normalized spacial score (nSPS) is 22.3. The third kappa shape index (κ3) is 3.66. The van der Waals surface area contributed by atoms with E-state index in [1.165, 1.54) is 4.68 Å². The average Bonchev–Trinajstić information content (AvgIpc) is 2.49. The van der Waals surface area contributed by atoms with Crippen molar-refractivity contribution in [2.45, 2.75) is 64.6 Å². The number of hydrogen-bond donors (Lipinski definition) is 1. The summed E-state index contributed by atoms with van der Waals surface area (Å²) >= 11 is 3.48. The SMILES string of the molecule is CCCN(c1cnn(CC)c(=O)c1Br)C1CCC(N)CC1. The zero-order valence-corrected chi connectivity index (χ0v) is 14.5. The van der Waals surface area contributed by atoms with Gasteiger partial charge in [0.1, 0.15) is 4.47 Å². The Bertz CT molecular complexity index is 523. The van der Waals surface area contributed by atoms with E-state index in [2.05, 4.69) is 32.9 Å². The van der Waals surface area contributed by atoms with Crippen molar-refractivity contribution in [2.75, 3.05) is 11.4 Å². The van der Waals surface area contributed by atoms with Crippen LogP contribution in [0, 0.1) is 0 Å². The highest BCUT2D eigenvalue weighted by molar-refractivity contribution is 9.10. The number of aromatic nitrogens is 2. The fourth-order valence-electron chi connectivity index (χ4n) is 3.04. The summed E-state index contributed by atoms with van der Waals surface area (Å²) in [5.74, 6) is 0. The van der Waals surface area contributed by atoms with E-state index in [-0.39, 0.29) is 5.56 Å². The highest BCUT2D eigenvalue weighted by Gasteiger charge is 2.26. The van der Waals surface area contributed by atoms with E-state index in [0.717, 1.165) is 44.3 Å². The van der Waals surface area contributed by atoms with Crippen molar-refractivity contribution in [3.05, 3.63) is 21.0 Å². The first kappa shape index (κ1) is 16.5. The van der Waals surface area contributed by atoms with Gasteiger partial charge in [-0.2, -0.15) is 5.10 Å². The highest BCUT2D eigenvalue weighted by Crippen LogP contribution is 2.30. The van der Waals surface area contributed by atoms with Crippen LogP contribution in [0.5, 0.6) is 0 Å². The molecule has 0 amide bonds. The molecule has 0 unspecified atom stereocenters.